The number of thiophene rings is 1. The number of pyridine rings is 1. The second-order valence-electron chi connectivity index (χ2n) is 3.23. The van der Waals surface area contributed by atoms with Crippen molar-refractivity contribution in [3.8, 4) is 0 Å². The lowest BCUT2D eigenvalue weighted by Gasteiger charge is -2.06. The third kappa shape index (κ3) is 2.85. The first-order valence-electron chi connectivity index (χ1n) is 4.93. The smallest absolute Gasteiger partial charge is 0.267 e. The first-order chi connectivity index (χ1) is 8.68. The fourth-order valence-electron chi connectivity index (χ4n) is 1.21. The maximum atomic E-state index is 11.7. The van der Waals surface area contributed by atoms with Crippen LogP contribution in [0.15, 0.2) is 35.8 Å². The van der Waals surface area contributed by atoms with Crippen molar-refractivity contribution in [1.29, 1.82) is 0 Å². The molecule has 92 valence electrons. The molecule has 0 aromatic carbocycles. The molecule has 2 heterocycles. The van der Waals surface area contributed by atoms with Gasteiger partial charge in [0.1, 0.15) is 5.15 Å². The van der Waals surface area contributed by atoms with Crippen LogP contribution < -0.4 is 10.9 Å². The Bertz CT molecular complexity index is 571. The molecule has 18 heavy (non-hydrogen) atoms. The van der Waals surface area contributed by atoms with Gasteiger partial charge in [-0.2, -0.15) is 0 Å². The minimum Gasteiger partial charge on any atom is -0.267 e. The monoisotopic (exact) mass is 281 g/mol. The van der Waals surface area contributed by atoms with E-state index in [1.54, 1.807) is 23.6 Å². The van der Waals surface area contributed by atoms with Crippen molar-refractivity contribution in [3.63, 3.8) is 0 Å². The number of hydrogen-bond donors (Lipinski definition) is 2. The average molecular weight is 282 g/mol. The van der Waals surface area contributed by atoms with Gasteiger partial charge in [-0.1, -0.05) is 17.7 Å². The molecule has 2 rings (SSSR count). The molecule has 7 heteroatoms. The van der Waals surface area contributed by atoms with E-state index in [2.05, 4.69) is 15.8 Å². The second-order valence-corrected chi connectivity index (χ2v) is 4.53. The van der Waals surface area contributed by atoms with E-state index in [0.29, 0.717) is 4.88 Å². The van der Waals surface area contributed by atoms with Crippen molar-refractivity contribution in [3.05, 3.63) is 51.4 Å². The highest BCUT2D eigenvalue weighted by atomic mass is 35.5. The third-order valence-electron chi connectivity index (χ3n) is 2.04. The number of hydrogen-bond acceptors (Lipinski definition) is 4. The molecule has 0 saturated carbocycles. The predicted octanol–water partition coefficient (Wildman–Crippen LogP) is 1.87. The normalized spacial score (nSPS) is 9.83. The van der Waals surface area contributed by atoms with Gasteiger partial charge in [-0.25, -0.2) is 4.98 Å². The van der Waals surface area contributed by atoms with Gasteiger partial charge in [-0.3, -0.25) is 20.4 Å². The third-order valence-corrected chi connectivity index (χ3v) is 3.21. The minimum absolute atomic E-state index is 0.0837. The Kier molecular flexibility index (Phi) is 3.91. The molecular formula is C11H8ClN3O2S. The van der Waals surface area contributed by atoms with Crippen LogP contribution in [0.2, 0.25) is 5.15 Å². The van der Waals surface area contributed by atoms with Crippen LogP contribution in [0, 0.1) is 0 Å². The van der Waals surface area contributed by atoms with Crippen molar-refractivity contribution in [1.82, 2.24) is 15.8 Å². The molecule has 0 aliphatic rings. The van der Waals surface area contributed by atoms with Crippen molar-refractivity contribution in [2.24, 2.45) is 0 Å². The lowest BCUT2D eigenvalue weighted by molar-refractivity contribution is 0.0848. The molecule has 0 spiro atoms. The molecule has 2 aromatic rings. The Hall–Kier alpha value is -1.92. The van der Waals surface area contributed by atoms with E-state index in [1.807, 2.05) is 0 Å². The summed E-state index contributed by atoms with van der Waals surface area (Å²) in [7, 11) is 0. The quantitative estimate of drug-likeness (QED) is 0.652. The first kappa shape index (κ1) is 12.5. The van der Waals surface area contributed by atoms with E-state index >= 15 is 0 Å². The van der Waals surface area contributed by atoms with Gasteiger partial charge in [-0.05, 0) is 23.6 Å². The van der Waals surface area contributed by atoms with E-state index in [0.717, 1.165) is 0 Å². The minimum atomic E-state index is -0.516. The summed E-state index contributed by atoms with van der Waals surface area (Å²) in [6.45, 7) is 0. The van der Waals surface area contributed by atoms with Gasteiger partial charge in [0.2, 0.25) is 0 Å². The Balaban J connectivity index is 1.97. The highest BCUT2D eigenvalue weighted by molar-refractivity contribution is 7.12. The lowest BCUT2D eigenvalue weighted by atomic mass is 10.3. The summed E-state index contributed by atoms with van der Waals surface area (Å²) in [6, 6.07) is 6.51. The van der Waals surface area contributed by atoms with E-state index in [4.69, 9.17) is 11.6 Å². The number of rotatable bonds is 2. The van der Waals surface area contributed by atoms with Crippen molar-refractivity contribution in [2.45, 2.75) is 0 Å². The zero-order valence-electron chi connectivity index (χ0n) is 9.01. The van der Waals surface area contributed by atoms with Crippen LogP contribution in [0.5, 0.6) is 0 Å². The van der Waals surface area contributed by atoms with E-state index in [9.17, 15) is 9.59 Å². The van der Waals surface area contributed by atoms with Gasteiger partial charge in [0.25, 0.3) is 11.8 Å². The Labute approximate surface area is 112 Å². The molecule has 5 nitrogen and oxygen atoms in total. The van der Waals surface area contributed by atoms with Crippen LogP contribution in [-0.4, -0.2) is 16.8 Å². The average Bonchev–Trinajstić information content (AvgIpc) is 2.90. The zero-order valence-corrected chi connectivity index (χ0v) is 10.6. The molecule has 0 atom stereocenters. The molecular weight excluding hydrogens is 274 g/mol. The summed E-state index contributed by atoms with van der Waals surface area (Å²) >= 11 is 7.03. The molecule has 0 aliphatic carbocycles. The predicted molar refractivity (Wildman–Crippen MR) is 68.5 cm³/mol. The summed E-state index contributed by atoms with van der Waals surface area (Å²) in [5.41, 5.74) is 4.77. The number of carbonyl (C=O) groups is 2. The number of halogens is 1. The molecule has 2 N–H and O–H groups in total. The van der Waals surface area contributed by atoms with Crippen LogP contribution in [0.25, 0.3) is 0 Å². The SMILES string of the molecule is O=C(NNC(=O)c1cccnc1Cl)c1cccs1. The van der Waals surface area contributed by atoms with Gasteiger partial charge in [-0.15, -0.1) is 11.3 Å². The Morgan fingerprint density at radius 3 is 2.61 bits per heavy atom. The number of nitrogens with one attached hydrogen (secondary N) is 2. The fraction of sp³-hybridized carbons (Fsp3) is 0. The molecule has 0 unspecified atom stereocenters. The molecule has 2 aromatic heterocycles. The highest BCUT2D eigenvalue weighted by Gasteiger charge is 2.12. The van der Waals surface area contributed by atoms with Crippen LogP contribution >= 0.6 is 22.9 Å². The van der Waals surface area contributed by atoms with E-state index in [-0.39, 0.29) is 16.6 Å². The van der Waals surface area contributed by atoms with Gasteiger partial charge >= 0.3 is 0 Å². The van der Waals surface area contributed by atoms with Gasteiger partial charge < -0.3 is 0 Å². The van der Waals surface area contributed by atoms with Gasteiger partial charge in [0.05, 0.1) is 10.4 Å². The van der Waals surface area contributed by atoms with Gasteiger partial charge in [0.15, 0.2) is 0 Å². The van der Waals surface area contributed by atoms with Crippen LogP contribution in [-0.2, 0) is 0 Å². The lowest BCUT2D eigenvalue weighted by Crippen LogP contribution is -2.41. The highest BCUT2D eigenvalue weighted by Crippen LogP contribution is 2.11. The summed E-state index contributed by atoms with van der Waals surface area (Å²) < 4.78 is 0. The zero-order chi connectivity index (χ0) is 13.0. The summed E-state index contributed by atoms with van der Waals surface area (Å²) in [6.07, 6.45) is 1.48. The summed E-state index contributed by atoms with van der Waals surface area (Å²) in [4.78, 5) is 27.5. The second kappa shape index (κ2) is 5.61. The number of aromatic nitrogens is 1. The number of hydrazine groups is 1. The van der Waals surface area contributed by atoms with Gasteiger partial charge in [0, 0.05) is 6.20 Å². The summed E-state index contributed by atoms with van der Waals surface area (Å²) in [5.74, 6) is -0.892. The van der Waals surface area contributed by atoms with Crippen molar-refractivity contribution < 1.29 is 9.59 Å². The fourth-order valence-corrected chi connectivity index (χ4v) is 2.03. The molecule has 2 amide bonds. The van der Waals surface area contributed by atoms with Crippen LogP contribution in [0.3, 0.4) is 0 Å². The maximum absolute atomic E-state index is 11.7. The van der Waals surface area contributed by atoms with E-state index in [1.165, 1.54) is 23.6 Å². The first-order valence-corrected chi connectivity index (χ1v) is 6.19. The Morgan fingerprint density at radius 1 is 1.17 bits per heavy atom. The molecule has 0 aliphatic heterocycles. The largest absolute Gasteiger partial charge is 0.279 e. The molecule has 0 bridgehead atoms. The Morgan fingerprint density at radius 2 is 1.94 bits per heavy atom. The van der Waals surface area contributed by atoms with E-state index < -0.39 is 5.91 Å². The summed E-state index contributed by atoms with van der Waals surface area (Å²) in [5, 5.41) is 1.86. The molecule has 0 fully saturated rings. The van der Waals surface area contributed by atoms with Crippen molar-refractivity contribution >= 4 is 34.8 Å². The number of carbonyl (C=O) groups excluding carboxylic acids is 2. The molecule has 0 saturated heterocycles. The maximum Gasteiger partial charge on any atom is 0.279 e. The van der Waals surface area contributed by atoms with Crippen LogP contribution in [0.1, 0.15) is 20.0 Å². The standard InChI is InChI=1S/C11H8ClN3O2S/c12-9-7(3-1-5-13-9)10(16)14-15-11(17)8-4-2-6-18-8/h1-6H,(H,14,16)(H,15,17). The number of nitrogens with zero attached hydrogens (tertiary/aromatic N) is 1. The number of amides is 2. The van der Waals surface area contributed by atoms with Crippen molar-refractivity contribution in [2.75, 3.05) is 0 Å². The topological polar surface area (TPSA) is 71.1 Å². The molecule has 0 radical (unpaired) electrons. The van der Waals surface area contributed by atoms with Crippen LogP contribution in [0.4, 0.5) is 0 Å².